The number of sulfonamides is 1. The van der Waals surface area contributed by atoms with Crippen molar-refractivity contribution in [3.8, 4) is 0 Å². The van der Waals surface area contributed by atoms with E-state index in [9.17, 15) is 8.42 Å². The Hall–Kier alpha value is -1.18. The van der Waals surface area contributed by atoms with Crippen LogP contribution >= 0.6 is 27.5 Å². The van der Waals surface area contributed by atoms with Crippen molar-refractivity contribution in [2.75, 3.05) is 19.7 Å². The van der Waals surface area contributed by atoms with E-state index >= 15 is 0 Å². The summed E-state index contributed by atoms with van der Waals surface area (Å²) < 4.78 is 28.6. The average Bonchev–Trinajstić information content (AvgIpc) is 2.66. The van der Waals surface area contributed by atoms with Gasteiger partial charge in [0.25, 0.3) is 0 Å². The normalized spacial score (nSPS) is 13.7. The van der Waals surface area contributed by atoms with Gasteiger partial charge in [0.15, 0.2) is 0 Å². The second kappa shape index (κ2) is 11.1. The molecular formula is C21H25BrClNO3S. The maximum absolute atomic E-state index is 13.2. The van der Waals surface area contributed by atoms with Gasteiger partial charge in [-0.15, -0.1) is 0 Å². The molecule has 0 aliphatic rings. The summed E-state index contributed by atoms with van der Waals surface area (Å²) in [4.78, 5) is 0.215. The molecule has 0 saturated heterocycles. The summed E-state index contributed by atoms with van der Waals surface area (Å²) >= 11 is 9.43. The molecule has 2 aromatic carbocycles. The van der Waals surface area contributed by atoms with Gasteiger partial charge in [0.05, 0.1) is 4.90 Å². The highest BCUT2D eigenvalue weighted by Gasteiger charge is 2.25. The molecule has 152 valence electrons. The monoisotopic (exact) mass is 485 g/mol. The van der Waals surface area contributed by atoms with Gasteiger partial charge in [-0.05, 0) is 54.7 Å². The van der Waals surface area contributed by atoms with Crippen LogP contribution in [0.3, 0.4) is 0 Å². The van der Waals surface area contributed by atoms with Crippen molar-refractivity contribution in [1.82, 2.24) is 4.31 Å². The van der Waals surface area contributed by atoms with E-state index in [4.69, 9.17) is 16.7 Å². The highest BCUT2D eigenvalue weighted by Crippen LogP contribution is 2.23. The van der Waals surface area contributed by atoms with E-state index in [1.807, 2.05) is 43.3 Å². The number of rotatable bonds is 10. The average molecular weight is 487 g/mol. The minimum Gasteiger partial charge on any atom is -0.396 e. The summed E-state index contributed by atoms with van der Waals surface area (Å²) in [6.45, 7) is 2.70. The van der Waals surface area contributed by atoms with Crippen molar-refractivity contribution in [3.63, 3.8) is 0 Å². The second-order valence-corrected chi connectivity index (χ2v) is 10.1. The van der Waals surface area contributed by atoms with Crippen molar-refractivity contribution in [2.24, 2.45) is 5.92 Å². The van der Waals surface area contributed by atoms with Crippen LogP contribution in [0.2, 0.25) is 5.02 Å². The van der Waals surface area contributed by atoms with Gasteiger partial charge >= 0.3 is 0 Å². The number of hydrogen-bond donors (Lipinski definition) is 1. The van der Waals surface area contributed by atoms with Gasteiger partial charge in [-0.2, -0.15) is 4.31 Å². The highest BCUT2D eigenvalue weighted by molar-refractivity contribution is 9.11. The Balaban J connectivity index is 2.25. The molecule has 0 radical (unpaired) electrons. The van der Waals surface area contributed by atoms with E-state index in [1.165, 1.54) is 16.4 Å². The van der Waals surface area contributed by atoms with Gasteiger partial charge in [-0.1, -0.05) is 64.8 Å². The summed E-state index contributed by atoms with van der Waals surface area (Å²) in [5, 5.41) is 9.61. The Morgan fingerprint density at radius 1 is 1.14 bits per heavy atom. The van der Waals surface area contributed by atoms with Crippen LogP contribution in [0.1, 0.15) is 25.3 Å². The Labute approximate surface area is 181 Å². The zero-order valence-electron chi connectivity index (χ0n) is 15.8. The topological polar surface area (TPSA) is 57.6 Å². The molecule has 2 rings (SSSR count). The molecule has 7 heteroatoms. The van der Waals surface area contributed by atoms with Gasteiger partial charge in [0, 0.05) is 29.2 Å². The van der Waals surface area contributed by atoms with E-state index in [-0.39, 0.29) is 24.0 Å². The van der Waals surface area contributed by atoms with Crippen molar-refractivity contribution >= 4 is 43.6 Å². The largest absolute Gasteiger partial charge is 0.396 e. The zero-order chi connectivity index (χ0) is 20.6. The molecule has 0 aliphatic carbocycles. The first kappa shape index (κ1) is 23.1. The van der Waals surface area contributed by atoms with Crippen LogP contribution in [0.5, 0.6) is 0 Å². The molecule has 2 aromatic rings. The first-order chi connectivity index (χ1) is 13.3. The summed E-state index contributed by atoms with van der Waals surface area (Å²) in [5.74, 6) is 0.227. The highest BCUT2D eigenvalue weighted by atomic mass is 79.9. The first-order valence-electron chi connectivity index (χ1n) is 9.10. The van der Waals surface area contributed by atoms with Gasteiger partial charge < -0.3 is 5.11 Å². The van der Waals surface area contributed by atoms with E-state index in [0.717, 1.165) is 10.0 Å². The van der Waals surface area contributed by atoms with Crippen LogP contribution in [0.15, 0.2) is 64.0 Å². The lowest BCUT2D eigenvalue weighted by molar-refractivity contribution is 0.253. The molecular weight excluding hydrogens is 462 g/mol. The van der Waals surface area contributed by atoms with Crippen LogP contribution in [-0.2, 0) is 10.0 Å². The molecule has 0 fully saturated rings. The lowest BCUT2D eigenvalue weighted by Gasteiger charge is -2.24. The van der Waals surface area contributed by atoms with E-state index in [0.29, 0.717) is 24.4 Å². The smallest absolute Gasteiger partial charge is 0.243 e. The molecule has 0 amide bonds. The third kappa shape index (κ3) is 7.01. The Kier molecular flexibility index (Phi) is 9.18. The lowest BCUT2D eigenvalue weighted by Crippen LogP contribution is -2.34. The van der Waals surface area contributed by atoms with Gasteiger partial charge in [0.1, 0.15) is 0 Å². The van der Waals surface area contributed by atoms with Crippen molar-refractivity contribution in [1.29, 1.82) is 0 Å². The quantitative estimate of drug-likeness (QED) is 0.504. The predicted octanol–water partition coefficient (Wildman–Crippen LogP) is 5.18. The minimum absolute atomic E-state index is 0.0999. The number of halogens is 2. The first-order valence-corrected chi connectivity index (χ1v) is 11.7. The third-order valence-corrected chi connectivity index (χ3v) is 6.99. The molecule has 0 heterocycles. The van der Waals surface area contributed by atoms with Crippen LogP contribution in [0, 0.1) is 5.92 Å². The van der Waals surface area contributed by atoms with Crippen molar-refractivity contribution in [2.45, 2.75) is 24.7 Å². The fourth-order valence-corrected chi connectivity index (χ4v) is 5.01. The summed E-state index contributed by atoms with van der Waals surface area (Å²) in [6.07, 6.45) is 3.23. The summed E-state index contributed by atoms with van der Waals surface area (Å²) in [6, 6.07) is 15.9. The van der Waals surface area contributed by atoms with Crippen LogP contribution in [0.4, 0.5) is 0 Å². The molecule has 1 N–H and O–H groups in total. The zero-order valence-corrected chi connectivity index (χ0v) is 18.9. The van der Waals surface area contributed by atoms with Crippen molar-refractivity contribution < 1.29 is 13.5 Å². The van der Waals surface area contributed by atoms with E-state index in [2.05, 4.69) is 15.9 Å². The van der Waals surface area contributed by atoms with Gasteiger partial charge in [-0.25, -0.2) is 8.42 Å². The summed E-state index contributed by atoms with van der Waals surface area (Å²) in [5.41, 5.74) is 0.992. The molecule has 0 aromatic heterocycles. The molecule has 0 aliphatic heterocycles. The number of aliphatic hydroxyl groups excluding tert-OH is 1. The molecule has 1 unspecified atom stereocenters. The maximum Gasteiger partial charge on any atom is 0.243 e. The fraction of sp³-hybridized carbons (Fsp3) is 0.333. The fourth-order valence-electron chi connectivity index (χ4n) is 2.71. The number of hydrogen-bond acceptors (Lipinski definition) is 3. The maximum atomic E-state index is 13.2. The van der Waals surface area contributed by atoms with Crippen LogP contribution in [0.25, 0.3) is 6.08 Å². The van der Waals surface area contributed by atoms with E-state index in [1.54, 1.807) is 12.1 Å². The summed E-state index contributed by atoms with van der Waals surface area (Å²) in [7, 11) is -3.67. The molecule has 0 saturated carbocycles. The number of aliphatic hydroxyl groups is 1. The Bertz CT molecular complexity index is 870. The molecule has 0 spiro atoms. The van der Waals surface area contributed by atoms with Crippen LogP contribution in [-0.4, -0.2) is 37.5 Å². The van der Waals surface area contributed by atoms with Crippen molar-refractivity contribution in [3.05, 3.63) is 69.7 Å². The molecule has 0 bridgehead atoms. The van der Waals surface area contributed by atoms with Crippen LogP contribution < -0.4 is 0 Å². The standard InChI is InChI=1S/C21H25BrClNO3S/c1-17(12-14-25)11-13-24(16-19(22)15-18-5-3-2-4-6-18)28(26,27)21-9-7-20(23)8-10-21/h2-10,15,17,25H,11-14,16H2,1H3. The van der Waals surface area contributed by atoms with Gasteiger partial charge in [0.2, 0.25) is 10.0 Å². The molecule has 4 nitrogen and oxygen atoms in total. The SMILES string of the molecule is CC(CCO)CCN(CC(Br)=Cc1ccccc1)S(=O)(=O)c1ccc(Cl)cc1. The third-order valence-electron chi connectivity index (χ3n) is 4.39. The Morgan fingerprint density at radius 2 is 1.79 bits per heavy atom. The predicted molar refractivity (Wildman–Crippen MR) is 119 cm³/mol. The number of nitrogens with zero attached hydrogens (tertiary/aromatic N) is 1. The minimum atomic E-state index is -3.67. The molecule has 1 atom stereocenters. The molecule has 28 heavy (non-hydrogen) atoms. The second-order valence-electron chi connectivity index (χ2n) is 6.70. The number of benzene rings is 2. The lowest BCUT2D eigenvalue weighted by atomic mass is 10.1. The van der Waals surface area contributed by atoms with E-state index < -0.39 is 10.0 Å². The van der Waals surface area contributed by atoms with Gasteiger partial charge in [-0.3, -0.25) is 0 Å². The Morgan fingerprint density at radius 3 is 2.39 bits per heavy atom.